The van der Waals surface area contributed by atoms with Crippen LogP contribution in [-0.2, 0) is 4.74 Å². The monoisotopic (exact) mass is 218 g/mol. The van der Waals surface area contributed by atoms with Gasteiger partial charge in [-0.05, 0) is 39.3 Å². The Balaban J connectivity index is 3.04. The largest absolute Gasteiger partial charge is 0.456 e. The average Bonchev–Trinajstić information content (AvgIpc) is 2.15. The lowest BCUT2D eigenvalue weighted by molar-refractivity contribution is 0.00692. The highest BCUT2D eigenvalue weighted by atomic mass is 16.6. The fourth-order valence-electron chi connectivity index (χ4n) is 1.37. The Labute approximate surface area is 96.9 Å². The third-order valence-corrected chi connectivity index (χ3v) is 2.01. The van der Waals surface area contributed by atoms with Crippen LogP contribution in [-0.4, -0.2) is 11.6 Å². The summed E-state index contributed by atoms with van der Waals surface area (Å²) in [4.78, 5) is 11.9. The molecule has 0 unspecified atom stereocenters. The molecule has 1 aromatic rings. The minimum Gasteiger partial charge on any atom is -0.456 e. The maximum atomic E-state index is 11.9. The van der Waals surface area contributed by atoms with E-state index in [1.165, 1.54) is 0 Å². The number of carbonyl (C=O) groups excluding carboxylic acids is 1. The number of allylic oxidation sites excluding steroid dienone is 1. The van der Waals surface area contributed by atoms with Gasteiger partial charge in [-0.15, -0.1) is 0 Å². The molecule has 0 amide bonds. The van der Waals surface area contributed by atoms with Crippen LogP contribution in [0.25, 0.3) is 5.57 Å². The van der Waals surface area contributed by atoms with Crippen molar-refractivity contribution in [3.05, 3.63) is 42.0 Å². The molecule has 0 N–H and O–H groups in total. The van der Waals surface area contributed by atoms with Crippen LogP contribution < -0.4 is 0 Å². The second kappa shape index (κ2) is 4.52. The highest BCUT2D eigenvalue weighted by molar-refractivity contribution is 5.95. The molecule has 0 aliphatic heterocycles. The number of esters is 1. The van der Waals surface area contributed by atoms with Crippen molar-refractivity contribution in [2.75, 3.05) is 0 Å². The highest BCUT2D eigenvalue weighted by Gasteiger charge is 2.19. The Morgan fingerprint density at radius 2 is 1.69 bits per heavy atom. The first-order valence-electron chi connectivity index (χ1n) is 5.29. The quantitative estimate of drug-likeness (QED) is 0.708. The van der Waals surface area contributed by atoms with Gasteiger partial charge in [0.1, 0.15) is 5.60 Å². The second-order valence-corrected chi connectivity index (χ2v) is 4.83. The molecule has 2 heteroatoms. The lowest BCUT2D eigenvalue weighted by atomic mass is 10.0. The van der Waals surface area contributed by atoms with Gasteiger partial charge in [0.2, 0.25) is 0 Å². The zero-order valence-electron chi connectivity index (χ0n) is 10.3. The van der Waals surface area contributed by atoms with E-state index < -0.39 is 5.60 Å². The van der Waals surface area contributed by atoms with Gasteiger partial charge in [-0.1, -0.05) is 30.4 Å². The van der Waals surface area contributed by atoms with Gasteiger partial charge in [-0.3, -0.25) is 0 Å². The first-order valence-corrected chi connectivity index (χ1v) is 5.29. The minimum atomic E-state index is -0.473. The summed E-state index contributed by atoms with van der Waals surface area (Å²) in [5, 5.41) is 0. The Bertz CT molecular complexity index is 411. The SMILES string of the molecule is C=C(C)c1ccccc1C(=O)OC(C)(C)C. The summed E-state index contributed by atoms with van der Waals surface area (Å²) in [5.41, 5.74) is 1.81. The molecule has 16 heavy (non-hydrogen) atoms. The molecule has 0 radical (unpaired) electrons. The van der Waals surface area contributed by atoms with Gasteiger partial charge in [0, 0.05) is 0 Å². The Hall–Kier alpha value is -1.57. The molecule has 0 fully saturated rings. The third kappa shape index (κ3) is 3.23. The van der Waals surface area contributed by atoms with Crippen LogP contribution in [0, 0.1) is 0 Å². The summed E-state index contributed by atoms with van der Waals surface area (Å²) >= 11 is 0. The van der Waals surface area contributed by atoms with Crippen molar-refractivity contribution in [3.63, 3.8) is 0 Å². The van der Waals surface area contributed by atoms with E-state index in [2.05, 4.69) is 6.58 Å². The standard InChI is InChI=1S/C14H18O2/c1-10(2)11-8-6-7-9-12(11)13(15)16-14(3,4)5/h6-9H,1H2,2-5H3. The summed E-state index contributed by atoms with van der Waals surface area (Å²) in [6.07, 6.45) is 0. The zero-order chi connectivity index (χ0) is 12.3. The number of hydrogen-bond acceptors (Lipinski definition) is 2. The molecule has 0 aromatic heterocycles. The van der Waals surface area contributed by atoms with Gasteiger partial charge < -0.3 is 4.74 Å². The predicted molar refractivity (Wildman–Crippen MR) is 66.3 cm³/mol. The molecule has 0 bridgehead atoms. The molecule has 0 saturated heterocycles. The van der Waals surface area contributed by atoms with Crippen molar-refractivity contribution < 1.29 is 9.53 Å². The van der Waals surface area contributed by atoms with Crippen LogP contribution in [0.5, 0.6) is 0 Å². The van der Waals surface area contributed by atoms with Crippen molar-refractivity contribution >= 4 is 11.5 Å². The number of carbonyl (C=O) groups is 1. The number of benzene rings is 1. The van der Waals surface area contributed by atoms with Crippen LogP contribution >= 0.6 is 0 Å². The van der Waals surface area contributed by atoms with Gasteiger partial charge in [0.15, 0.2) is 0 Å². The molecule has 0 heterocycles. The van der Waals surface area contributed by atoms with E-state index in [1.54, 1.807) is 6.07 Å². The molecule has 0 spiro atoms. The highest BCUT2D eigenvalue weighted by Crippen LogP contribution is 2.20. The van der Waals surface area contributed by atoms with E-state index in [9.17, 15) is 4.79 Å². The van der Waals surface area contributed by atoms with Crippen molar-refractivity contribution in [2.24, 2.45) is 0 Å². The third-order valence-electron chi connectivity index (χ3n) is 2.01. The van der Waals surface area contributed by atoms with Crippen LogP contribution in [0.1, 0.15) is 43.6 Å². The van der Waals surface area contributed by atoms with Crippen LogP contribution in [0.15, 0.2) is 30.8 Å². The Morgan fingerprint density at radius 3 is 2.12 bits per heavy atom. The number of rotatable bonds is 2. The topological polar surface area (TPSA) is 26.3 Å². The van der Waals surface area contributed by atoms with E-state index in [-0.39, 0.29) is 5.97 Å². The van der Waals surface area contributed by atoms with Crippen LogP contribution in [0.4, 0.5) is 0 Å². The van der Waals surface area contributed by atoms with Crippen LogP contribution in [0.3, 0.4) is 0 Å². The first kappa shape index (κ1) is 12.5. The zero-order valence-corrected chi connectivity index (χ0v) is 10.3. The summed E-state index contributed by atoms with van der Waals surface area (Å²) in [6.45, 7) is 11.3. The summed E-state index contributed by atoms with van der Waals surface area (Å²) in [6, 6.07) is 7.35. The molecule has 2 nitrogen and oxygen atoms in total. The van der Waals surface area contributed by atoms with Crippen molar-refractivity contribution in [2.45, 2.75) is 33.3 Å². The smallest absolute Gasteiger partial charge is 0.339 e. The molecular weight excluding hydrogens is 200 g/mol. The lowest BCUT2D eigenvalue weighted by Crippen LogP contribution is -2.24. The van der Waals surface area contributed by atoms with E-state index in [1.807, 2.05) is 45.9 Å². The second-order valence-electron chi connectivity index (χ2n) is 4.83. The fraction of sp³-hybridized carbons (Fsp3) is 0.357. The first-order chi connectivity index (χ1) is 7.31. The van der Waals surface area contributed by atoms with Crippen molar-refractivity contribution in [1.82, 2.24) is 0 Å². The lowest BCUT2D eigenvalue weighted by Gasteiger charge is -2.20. The van der Waals surface area contributed by atoms with Crippen molar-refractivity contribution in [3.8, 4) is 0 Å². The summed E-state index contributed by atoms with van der Waals surface area (Å²) in [7, 11) is 0. The van der Waals surface area contributed by atoms with E-state index in [0.29, 0.717) is 5.56 Å². The van der Waals surface area contributed by atoms with Crippen LogP contribution in [0.2, 0.25) is 0 Å². The van der Waals surface area contributed by atoms with Gasteiger partial charge in [-0.25, -0.2) is 4.79 Å². The molecule has 86 valence electrons. The predicted octanol–water partition coefficient (Wildman–Crippen LogP) is 3.68. The van der Waals surface area contributed by atoms with E-state index >= 15 is 0 Å². The summed E-state index contributed by atoms with van der Waals surface area (Å²) in [5.74, 6) is -0.300. The van der Waals surface area contributed by atoms with E-state index in [4.69, 9.17) is 4.74 Å². The number of ether oxygens (including phenoxy) is 1. The molecule has 1 rings (SSSR count). The summed E-state index contributed by atoms with van der Waals surface area (Å²) < 4.78 is 5.33. The van der Waals surface area contributed by atoms with Gasteiger partial charge in [0.05, 0.1) is 5.56 Å². The van der Waals surface area contributed by atoms with Gasteiger partial charge in [0.25, 0.3) is 0 Å². The maximum absolute atomic E-state index is 11.9. The normalized spacial score (nSPS) is 11.0. The van der Waals surface area contributed by atoms with E-state index in [0.717, 1.165) is 11.1 Å². The molecule has 0 saturated carbocycles. The van der Waals surface area contributed by atoms with Gasteiger partial charge in [-0.2, -0.15) is 0 Å². The van der Waals surface area contributed by atoms with Gasteiger partial charge >= 0.3 is 5.97 Å². The molecular formula is C14H18O2. The molecule has 0 aliphatic rings. The minimum absolute atomic E-state index is 0.300. The molecule has 0 aliphatic carbocycles. The molecule has 1 aromatic carbocycles. The maximum Gasteiger partial charge on any atom is 0.339 e. The fourth-order valence-corrected chi connectivity index (χ4v) is 1.37. The number of hydrogen-bond donors (Lipinski definition) is 0. The Morgan fingerprint density at radius 1 is 1.19 bits per heavy atom. The molecule has 0 atom stereocenters. The Kier molecular flexibility index (Phi) is 3.53. The van der Waals surface area contributed by atoms with Crippen molar-refractivity contribution in [1.29, 1.82) is 0 Å². The average molecular weight is 218 g/mol.